The van der Waals surface area contributed by atoms with Gasteiger partial charge in [0.25, 0.3) is 0 Å². The molecule has 1 heterocycles. The average Bonchev–Trinajstić information content (AvgIpc) is 2.39. The van der Waals surface area contributed by atoms with Crippen molar-refractivity contribution in [3.05, 3.63) is 29.3 Å². The number of hydrogen-bond acceptors (Lipinski definition) is 4. The van der Waals surface area contributed by atoms with Gasteiger partial charge in [-0.3, -0.25) is 4.79 Å². The Morgan fingerprint density at radius 1 is 1.41 bits per heavy atom. The fourth-order valence-electron chi connectivity index (χ4n) is 1.96. The summed E-state index contributed by atoms with van der Waals surface area (Å²) in [5.74, 6) is 0.0241. The lowest BCUT2D eigenvalue weighted by atomic mass is 10.1. The second-order valence-corrected chi connectivity index (χ2v) is 4.00. The number of rotatable bonds is 2. The minimum atomic E-state index is 0.0241. The molecular formula is C13H14N2O2. The van der Waals surface area contributed by atoms with Crippen molar-refractivity contribution in [3.8, 4) is 6.07 Å². The highest BCUT2D eigenvalue weighted by molar-refractivity contribution is 6.00. The number of carbonyl (C=O) groups is 1. The van der Waals surface area contributed by atoms with Crippen molar-refractivity contribution >= 4 is 11.5 Å². The molecule has 1 aliphatic rings. The number of ketones is 1. The third-order valence-electron chi connectivity index (χ3n) is 2.86. The predicted octanol–water partition coefficient (Wildman–Crippen LogP) is 1.60. The van der Waals surface area contributed by atoms with Crippen LogP contribution in [0.15, 0.2) is 18.2 Å². The summed E-state index contributed by atoms with van der Waals surface area (Å²) in [4.78, 5) is 13.7. The summed E-state index contributed by atoms with van der Waals surface area (Å²) in [5, 5.41) is 8.91. The van der Waals surface area contributed by atoms with Crippen molar-refractivity contribution in [3.63, 3.8) is 0 Å². The van der Waals surface area contributed by atoms with Crippen LogP contribution in [0.3, 0.4) is 0 Å². The van der Waals surface area contributed by atoms with Crippen molar-refractivity contribution in [1.82, 2.24) is 0 Å². The summed E-state index contributed by atoms with van der Waals surface area (Å²) in [5.41, 5.74) is 2.10. The van der Waals surface area contributed by atoms with Gasteiger partial charge in [0.2, 0.25) is 0 Å². The van der Waals surface area contributed by atoms with Gasteiger partial charge in [-0.15, -0.1) is 0 Å². The molecule has 1 aromatic rings. The minimum Gasteiger partial charge on any atom is -0.378 e. The molecule has 1 aromatic carbocycles. The van der Waals surface area contributed by atoms with Gasteiger partial charge < -0.3 is 9.64 Å². The molecule has 0 atom stereocenters. The molecule has 0 aliphatic carbocycles. The van der Waals surface area contributed by atoms with Gasteiger partial charge in [0.15, 0.2) is 5.78 Å². The Balaban J connectivity index is 2.41. The molecule has 0 aromatic heterocycles. The van der Waals surface area contributed by atoms with Crippen LogP contribution >= 0.6 is 0 Å². The first-order chi connectivity index (χ1) is 8.22. The first-order valence-corrected chi connectivity index (χ1v) is 5.60. The van der Waals surface area contributed by atoms with E-state index < -0.39 is 0 Å². The Morgan fingerprint density at radius 2 is 2.12 bits per heavy atom. The number of hydrogen-bond donors (Lipinski definition) is 0. The highest BCUT2D eigenvalue weighted by atomic mass is 16.5. The van der Waals surface area contributed by atoms with Crippen LogP contribution in [-0.2, 0) is 4.74 Å². The van der Waals surface area contributed by atoms with Crippen LogP contribution in [0.1, 0.15) is 22.8 Å². The average molecular weight is 230 g/mol. The third kappa shape index (κ3) is 2.45. The normalized spacial score (nSPS) is 15.4. The highest BCUT2D eigenvalue weighted by Gasteiger charge is 2.17. The number of ether oxygens (including phenoxy) is 1. The van der Waals surface area contributed by atoms with Gasteiger partial charge in [-0.2, -0.15) is 5.26 Å². The van der Waals surface area contributed by atoms with Crippen molar-refractivity contribution in [2.75, 3.05) is 31.2 Å². The number of anilines is 1. The summed E-state index contributed by atoms with van der Waals surface area (Å²) in [6.07, 6.45) is 0. The molecule has 88 valence electrons. The maximum atomic E-state index is 11.6. The molecule has 0 spiro atoms. The van der Waals surface area contributed by atoms with Gasteiger partial charge in [-0.25, -0.2) is 0 Å². The first kappa shape index (κ1) is 11.6. The molecule has 17 heavy (non-hydrogen) atoms. The zero-order valence-corrected chi connectivity index (χ0v) is 9.77. The van der Waals surface area contributed by atoms with E-state index in [-0.39, 0.29) is 5.78 Å². The summed E-state index contributed by atoms with van der Waals surface area (Å²) in [7, 11) is 0. The molecular weight excluding hydrogens is 216 g/mol. The summed E-state index contributed by atoms with van der Waals surface area (Å²) in [6, 6.07) is 7.29. The summed E-state index contributed by atoms with van der Waals surface area (Å²) >= 11 is 0. The van der Waals surface area contributed by atoms with E-state index in [1.54, 1.807) is 25.1 Å². The van der Waals surface area contributed by atoms with Gasteiger partial charge in [0.05, 0.1) is 24.8 Å². The van der Waals surface area contributed by atoms with E-state index in [0.29, 0.717) is 24.3 Å². The number of morpholine rings is 1. The topological polar surface area (TPSA) is 53.3 Å². The van der Waals surface area contributed by atoms with Gasteiger partial charge in [0, 0.05) is 24.3 Å². The molecule has 1 fully saturated rings. The fraction of sp³-hybridized carbons (Fsp3) is 0.385. The van der Waals surface area contributed by atoms with E-state index >= 15 is 0 Å². The molecule has 0 bridgehead atoms. The Kier molecular flexibility index (Phi) is 3.40. The van der Waals surface area contributed by atoms with Crippen molar-refractivity contribution in [1.29, 1.82) is 5.26 Å². The van der Waals surface area contributed by atoms with E-state index in [1.807, 2.05) is 0 Å². The van der Waals surface area contributed by atoms with Gasteiger partial charge in [0.1, 0.15) is 0 Å². The monoisotopic (exact) mass is 230 g/mol. The molecule has 0 radical (unpaired) electrons. The van der Waals surface area contributed by atoms with E-state index in [1.165, 1.54) is 0 Å². The smallest absolute Gasteiger partial charge is 0.161 e. The number of benzene rings is 1. The zero-order chi connectivity index (χ0) is 12.3. The maximum Gasteiger partial charge on any atom is 0.161 e. The van der Waals surface area contributed by atoms with Crippen molar-refractivity contribution < 1.29 is 9.53 Å². The van der Waals surface area contributed by atoms with Crippen LogP contribution in [0.4, 0.5) is 5.69 Å². The van der Waals surface area contributed by atoms with E-state index in [0.717, 1.165) is 18.8 Å². The second kappa shape index (κ2) is 4.98. The van der Waals surface area contributed by atoms with Crippen LogP contribution < -0.4 is 4.90 Å². The standard InChI is InChI=1S/C13H14N2O2/c1-10(16)12-3-2-11(9-14)8-13(12)15-4-6-17-7-5-15/h2-3,8H,4-7H2,1H3. The summed E-state index contributed by atoms with van der Waals surface area (Å²) in [6.45, 7) is 4.39. The highest BCUT2D eigenvalue weighted by Crippen LogP contribution is 2.23. The molecule has 4 nitrogen and oxygen atoms in total. The molecule has 2 rings (SSSR count). The van der Waals surface area contributed by atoms with Gasteiger partial charge in [-0.05, 0) is 25.1 Å². The lowest BCUT2D eigenvalue weighted by Gasteiger charge is -2.30. The van der Waals surface area contributed by atoms with Crippen LogP contribution in [0.25, 0.3) is 0 Å². The minimum absolute atomic E-state index is 0.0241. The maximum absolute atomic E-state index is 11.6. The number of nitrogens with zero attached hydrogens (tertiary/aromatic N) is 2. The molecule has 0 amide bonds. The van der Waals surface area contributed by atoms with Crippen LogP contribution in [0.5, 0.6) is 0 Å². The predicted molar refractivity (Wildman–Crippen MR) is 64.2 cm³/mol. The Bertz CT molecular complexity index is 471. The Hall–Kier alpha value is -1.86. The molecule has 1 aliphatic heterocycles. The van der Waals surface area contributed by atoms with Crippen LogP contribution in [0.2, 0.25) is 0 Å². The van der Waals surface area contributed by atoms with Crippen molar-refractivity contribution in [2.45, 2.75) is 6.92 Å². The van der Waals surface area contributed by atoms with Crippen LogP contribution in [0, 0.1) is 11.3 Å². The quantitative estimate of drug-likeness (QED) is 0.724. The lowest BCUT2D eigenvalue weighted by Crippen LogP contribution is -2.37. The van der Waals surface area contributed by atoms with Crippen LogP contribution in [-0.4, -0.2) is 32.1 Å². The van der Waals surface area contributed by atoms with E-state index in [9.17, 15) is 4.79 Å². The summed E-state index contributed by atoms with van der Waals surface area (Å²) < 4.78 is 5.29. The second-order valence-electron chi connectivity index (χ2n) is 4.00. The van der Waals surface area contributed by atoms with Gasteiger partial charge in [-0.1, -0.05) is 0 Å². The largest absolute Gasteiger partial charge is 0.378 e. The van der Waals surface area contributed by atoms with E-state index in [4.69, 9.17) is 10.00 Å². The fourth-order valence-corrected chi connectivity index (χ4v) is 1.96. The Labute approximate surface area is 100 Å². The van der Waals surface area contributed by atoms with Gasteiger partial charge >= 0.3 is 0 Å². The number of nitriles is 1. The van der Waals surface area contributed by atoms with Crippen molar-refractivity contribution in [2.24, 2.45) is 0 Å². The molecule has 4 heteroatoms. The number of Topliss-reactive ketones (excluding diaryl/α,β-unsaturated/α-hetero) is 1. The zero-order valence-electron chi connectivity index (χ0n) is 9.77. The lowest BCUT2D eigenvalue weighted by molar-refractivity contribution is 0.101. The third-order valence-corrected chi connectivity index (χ3v) is 2.86. The number of carbonyl (C=O) groups excluding carboxylic acids is 1. The first-order valence-electron chi connectivity index (χ1n) is 5.60. The SMILES string of the molecule is CC(=O)c1ccc(C#N)cc1N1CCOCC1. The molecule has 0 unspecified atom stereocenters. The molecule has 1 saturated heterocycles. The molecule has 0 saturated carbocycles. The molecule has 0 N–H and O–H groups in total. The Morgan fingerprint density at radius 3 is 2.71 bits per heavy atom. The van der Waals surface area contributed by atoms with E-state index in [2.05, 4.69) is 11.0 Å².